The normalized spacial score (nSPS) is 10.8. The zero-order valence-corrected chi connectivity index (χ0v) is 18.7. The van der Waals surface area contributed by atoms with Gasteiger partial charge in [0.2, 0.25) is 11.0 Å². The Labute approximate surface area is 175 Å². The number of ether oxygens (including phenoxy) is 1. The van der Waals surface area contributed by atoms with E-state index in [2.05, 4.69) is 20.8 Å². The van der Waals surface area contributed by atoms with Crippen LogP contribution in [0.4, 0.5) is 10.1 Å². The molecule has 2 heterocycles. The van der Waals surface area contributed by atoms with Gasteiger partial charge in [-0.25, -0.2) is 4.79 Å². The quantitative estimate of drug-likeness (QED) is 0.342. The van der Waals surface area contributed by atoms with Crippen molar-refractivity contribution in [3.05, 3.63) is 16.0 Å². The van der Waals surface area contributed by atoms with Crippen LogP contribution >= 0.6 is 34.4 Å². The largest absolute Gasteiger partial charge is 0.462 e. The van der Waals surface area contributed by atoms with E-state index in [0.717, 1.165) is 11.3 Å². The van der Waals surface area contributed by atoms with Crippen molar-refractivity contribution in [3.63, 3.8) is 0 Å². The van der Waals surface area contributed by atoms with Gasteiger partial charge in [0.25, 0.3) is 0 Å². The summed E-state index contributed by atoms with van der Waals surface area (Å²) in [7, 11) is 0. The van der Waals surface area contributed by atoms with Crippen molar-refractivity contribution < 1.29 is 19.1 Å². The molecule has 0 saturated heterocycles. The first-order valence-electron chi connectivity index (χ1n) is 8.57. The maximum Gasteiger partial charge on any atom is 0.341 e. The number of rotatable bonds is 9. The van der Waals surface area contributed by atoms with Crippen molar-refractivity contribution in [1.82, 2.24) is 10.2 Å². The van der Waals surface area contributed by atoms with Crippen molar-refractivity contribution in [2.24, 2.45) is 0 Å². The summed E-state index contributed by atoms with van der Waals surface area (Å²) in [5, 5.41) is 14.9. The Balaban J connectivity index is 2.08. The molecule has 0 spiro atoms. The van der Waals surface area contributed by atoms with Gasteiger partial charge in [-0.3, -0.25) is 9.59 Å². The number of esters is 1. The Kier molecular flexibility index (Phi) is 7.96. The van der Waals surface area contributed by atoms with Gasteiger partial charge in [-0.2, -0.15) is 0 Å². The van der Waals surface area contributed by atoms with Crippen LogP contribution in [0.3, 0.4) is 0 Å². The number of aromatic nitrogens is 2. The summed E-state index contributed by atoms with van der Waals surface area (Å²) in [5.74, 6) is -0.923. The summed E-state index contributed by atoms with van der Waals surface area (Å²) in [6.07, 6.45) is 0. The Morgan fingerprint density at radius 2 is 1.93 bits per heavy atom. The van der Waals surface area contributed by atoms with Crippen LogP contribution in [-0.4, -0.2) is 46.3 Å². The van der Waals surface area contributed by atoms with E-state index < -0.39 is 5.97 Å². The molecule has 0 aliphatic heterocycles. The minimum Gasteiger partial charge on any atom is -0.462 e. The van der Waals surface area contributed by atoms with Crippen LogP contribution in [0.1, 0.15) is 53.3 Å². The highest BCUT2D eigenvalue weighted by Gasteiger charge is 2.25. The van der Waals surface area contributed by atoms with Crippen LogP contribution in [-0.2, 0) is 9.53 Å². The molecule has 2 rings (SSSR count). The summed E-state index contributed by atoms with van der Waals surface area (Å²) in [5.41, 5.74) is 0.752. The van der Waals surface area contributed by atoms with E-state index in [1.165, 1.54) is 30.0 Å². The number of carbonyl (C=O) groups excluding carboxylic acids is 3. The zero-order valence-electron chi connectivity index (χ0n) is 16.2. The standard InChI is InChI=1S/C17H22N4O4S3/c1-6-25-15(24)12-9(4)13(10(5)22)27-14(12)19-11(23)7-26-17-21-20-16(28-17)18-8(2)3/h8H,6-7H2,1-5H3,(H,18,20)(H,19,23). The van der Waals surface area contributed by atoms with E-state index in [1.54, 1.807) is 13.8 Å². The second-order valence-corrected chi connectivity index (χ2v) is 9.27. The Morgan fingerprint density at radius 3 is 2.54 bits per heavy atom. The molecule has 0 aliphatic carbocycles. The predicted octanol–water partition coefficient (Wildman–Crippen LogP) is 3.84. The molecule has 0 atom stereocenters. The number of nitrogens with one attached hydrogen (secondary N) is 2. The lowest BCUT2D eigenvalue weighted by Gasteiger charge is -2.06. The third-order valence-electron chi connectivity index (χ3n) is 3.34. The summed E-state index contributed by atoms with van der Waals surface area (Å²) in [6.45, 7) is 9.01. The molecule has 1 amide bonds. The lowest BCUT2D eigenvalue weighted by atomic mass is 10.1. The van der Waals surface area contributed by atoms with Gasteiger partial charge in [-0.05, 0) is 40.2 Å². The molecule has 0 radical (unpaired) electrons. The maximum atomic E-state index is 12.4. The number of thioether (sulfide) groups is 1. The fourth-order valence-corrected chi connectivity index (χ4v) is 5.05. The molecule has 2 N–H and O–H groups in total. The molecule has 152 valence electrons. The molecule has 0 saturated carbocycles. The Morgan fingerprint density at radius 1 is 1.21 bits per heavy atom. The third-order valence-corrected chi connectivity index (χ3v) is 6.64. The van der Waals surface area contributed by atoms with Crippen LogP contribution in [0.25, 0.3) is 0 Å². The van der Waals surface area contributed by atoms with Crippen LogP contribution < -0.4 is 10.6 Å². The van der Waals surface area contributed by atoms with Gasteiger partial charge < -0.3 is 15.4 Å². The smallest absolute Gasteiger partial charge is 0.341 e. The predicted molar refractivity (Wildman–Crippen MR) is 113 cm³/mol. The van der Waals surface area contributed by atoms with E-state index in [4.69, 9.17) is 4.74 Å². The van der Waals surface area contributed by atoms with Crippen molar-refractivity contribution in [2.75, 3.05) is 23.0 Å². The van der Waals surface area contributed by atoms with Gasteiger partial charge in [0, 0.05) is 6.04 Å². The second kappa shape index (κ2) is 9.99. The first-order chi connectivity index (χ1) is 13.2. The summed E-state index contributed by atoms with van der Waals surface area (Å²) >= 11 is 3.70. The lowest BCUT2D eigenvalue weighted by Crippen LogP contribution is -2.16. The minimum absolute atomic E-state index is 0.102. The number of nitrogens with zero attached hydrogens (tertiary/aromatic N) is 2. The average molecular weight is 443 g/mol. The molecule has 0 aromatic carbocycles. The summed E-state index contributed by atoms with van der Waals surface area (Å²) in [4.78, 5) is 36.9. The van der Waals surface area contributed by atoms with E-state index in [0.29, 0.717) is 24.9 Å². The second-order valence-electron chi connectivity index (χ2n) is 6.05. The maximum absolute atomic E-state index is 12.4. The first kappa shape index (κ1) is 22.3. The molecule has 0 bridgehead atoms. The number of hydrogen-bond acceptors (Lipinski definition) is 10. The van der Waals surface area contributed by atoms with Crippen LogP contribution in [0.15, 0.2) is 4.34 Å². The average Bonchev–Trinajstić information content (AvgIpc) is 3.17. The Hall–Kier alpha value is -1.98. The third kappa shape index (κ3) is 5.76. The molecule has 2 aromatic rings. The number of anilines is 2. The number of Topliss-reactive ketones (excluding diaryl/α,β-unsaturated/α-hetero) is 1. The van der Waals surface area contributed by atoms with Gasteiger partial charge in [-0.1, -0.05) is 23.1 Å². The fraction of sp³-hybridized carbons (Fsp3) is 0.471. The van der Waals surface area contributed by atoms with Gasteiger partial charge in [0.1, 0.15) is 5.00 Å². The summed E-state index contributed by atoms with van der Waals surface area (Å²) < 4.78 is 5.73. The van der Waals surface area contributed by atoms with Gasteiger partial charge in [-0.15, -0.1) is 21.5 Å². The molecule has 0 unspecified atom stereocenters. The fourth-order valence-electron chi connectivity index (χ4n) is 2.25. The SMILES string of the molecule is CCOC(=O)c1c(NC(=O)CSc2nnc(NC(C)C)s2)sc(C(C)=O)c1C. The number of hydrogen-bond donors (Lipinski definition) is 2. The summed E-state index contributed by atoms with van der Waals surface area (Å²) in [6, 6.07) is 0.243. The van der Waals surface area contributed by atoms with Crippen molar-refractivity contribution in [2.45, 2.75) is 45.0 Å². The van der Waals surface area contributed by atoms with E-state index in [9.17, 15) is 14.4 Å². The topological polar surface area (TPSA) is 110 Å². The molecular weight excluding hydrogens is 420 g/mol. The van der Waals surface area contributed by atoms with Gasteiger partial charge in [0.15, 0.2) is 10.1 Å². The van der Waals surface area contributed by atoms with E-state index >= 15 is 0 Å². The molecule has 11 heteroatoms. The molecule has 0 fully saturated rings. The van der Waals surface area contributed by atoms with Crippen molar-refractivity contribution in [1.29, 1.82) is 0 Å². The highest BCUT2D eigenvalue weighted by atomic mass is 32.2. The number of thiophene rings is 1. The van der Waals surface area contributed by atoms with Crippen molar-refractivity contribution in [3.8, 4) is 0 Å². The monoisotopic (exact) mass is 442 g/mol. The highest BCUT2D eigenvalue weighted by Crippen LogP contribution is 2.34. The van der Waals surface area contributed by atoms with Crippen LogP contribution in [0.5, 0.6) is 0 Å². The number of carbonyl (C=O) groups is 3. The molecule has 28 heavy (non-hydrogen) atoms. The first-order valence-corrected chi connectivity index (χ1v) is 11.2. The van der Waals surface area contributed by atoms with E-state index in [1.807, 2.05) is 13.8 Å². The van der Waals surface area contributed by atoms with Gasteiger partial charge in [0.05, 0.1) is 22.8 Å². The molecule has 0 aliphatic rings. The van der Waals surface area contributed by atoms with Crippen LogP contribution in [0.2, 0.25) is 0 Å². The molecular formula is C17H22N4O4S3. The highest BCUT2D eigenvalue weighted by molar-refractivity contribution is 8.01. The number of amides is 1. The van der Waals surface area contributed by atoms with E-state index in [-0.39, 0.29) is 35.7 Å². The van der Waals surface area contributed by atoms with Crippen molar-refractivity contribution >= 4 is 62.2 Å². The molecule has 2 aromatic heterocycles. The van der Waals surface area contributed by atoms with Gasteiger partial charge >= 0.3 is 5.97 Å². The zero-order chi connectivity index (χ0) is 20.8. The Bertz CT molecular complexity index is 876. The molecule has 8 nitrogen and oxygen atoms in total. The number of ketones is 1. The van der Waals surface area contributed by atoms with Crippen LogP contribution in [0, 0.1) is 6.92 Å². The minimum atomic E-state index is -0.555. The lowest BCUT2D eigenvalue weighted by molar-refractivity contribution is -0.113.